The number of benzene rings is 1. The van der Waals surface area contributed by atoms with Crippen LogP contribution in [0, 0.1) is 35.5 Å². The summed E-state index contributed by atoms with van der Waals surface area (Å²) in [6.45, 7) is 5.96. The normalized spacial score (nSPS) is 30.3. The molecule has 2 aliphatic rings. The van der Waals surface area contributed by atoms with Crippen molar-refractivity contribution in [3.8, 4) is 12.1 Å². The van der Waals surface area contributed by atoms with Crippen LogP contribution in [0.5, 0.6) is 0 Å². The molecule has 19 heavy (non-hydrogen) atoms. The number of rotatable bonds is 1. The Balaban J connectivity index is 2.38. The minimum absolute atomic E-state index is 0.100. The number of hydrogen-bond acceptors (Lipinski definition) is 2. The van der Waals surface area contributed by atoms with Crippen molar-refractivity contribution in [2.75, 3.05) is 0 Å². The Morgan fingerprint density at radius 2 is 2.21 bits per heavy atom. The molecule has 0 saturated carbocycles. The molecule has 92 valence electrons. The van der Waals surface area contributed by atoms with Crippen molar-refractivity contribution in [1.82, 2.24) is 0 Å². The Hall–Kier alpha value is -2.32. The lowest BCUT2D eigenvalue weighted by Gasteiger charge is -2.30. The second kappa shape index (κ2) is 3.84. The summed E-state index contributed by atoms with van der Waals surface area (Å²) in [5, 5.41) is 19.0. The predicted molar refractivity (Wildman–Crippen MR) is 73.4 cm³/mol. The van der Waals surface area contributed by atoms with Gasteiger partial charge >= 0.3 is 0 Å². The van der Waals surface area contributed by atoms with Gasteiger partial charge < -0.3 is 0 Å². The number of hydrogen-bond donors (Lipinski definition) is 0. The van der Waals surface area contributed by atoms with Gasteiger partial charge in [-0.25, -0.2) is 0 Å². The summed E-state index contributed by atoms with van der Waals surface area (Å²) in [6, 6.07) is 8.85. The van der Waals surface area contributed by atoms with Crippen molar-refractivity contribution in [3.63, 3.8) is 0 Å². The first-order chi connectivity index (χ1) is 9.17. The van der Waals surface area contributed by atoms with E-state index in [0.29, 0.717) is 0 Å². The lowest BCUT2D eigenvalue weighted by Crippen LogP contribution is -2.30. The third-order valence-electron chi connectivity index (χ3n) is 4.50. The zero-order valence-electron chi connectivity index (χ0n) is 10.9. The van der Waals surface area contributed by atoms with E-state index in [2.05, 4.69) is 31.7 Å². The second-order valence-corrected chi connectivity index (χ2v) is 5.32. The van der Waals surface area contributed by atoms with Crippen molar-refractivity contribution in [2.45, 2.75) is 24.7 Å². The summed E-state index contributed by atoms with van der Waals surface area (Å²) in [6.07, 6.45) is 6.51. The highest BCUT2D eigenvalue weighted by Gasteiger charge is 2.48. The highest BCUT2D eigenvalue weighted by molar-refractivity contribution is 5.62. The Kier molecular flexibility index (Phi) is 2.37. The topological polar surface area (TPSA) is 47.6 Å². The third-order valence-corrected chi connectivity index (χ3v) is 4.50. The van der Waals surface area contributed by atoms with Crippen LogP contribution >= 0.6 is 0 Å². The van der Waals surface area contributed by atoms with E-state index in [1.54, 1.807) is 0 Å². The molecule has 0 spiro atoms. The van der Waals surface area contributed by atoms with Gasteiger partial charge in [0.1, 0.15) is 5.41 Å². The van der Waals surface area contributed by atoms with Crippen LogP contribution in [0.3, 0.4) is 0 Å². The predicted octanol–water partition coefficient (Wildman–Crippen LogP) is 3.29. The molecular weight excluding hydrogens is 232 g/mol. The van der Waals surface area contributed by atoms with E-state index in [9.17, 15) is 10.5 Å². The van der Waals surface area contributed by atoms with Crippen molar-refractivity contribution in [3.05, 3.63) is 59.2 Å². The second-order valence-electron chi connectivity index (χ2n) is 5.32. The maximum absolute atomic E-state index is 9.74. The summed E-state index contributed by atoms with van der Waals surface area (Å²) in [5.41, 5.74) is 3.87. The molecule has 1 aromatic carbocycles. The fourth-order valence-electron chi connectivity index (χ4n) is 3.46. The number of nitrogens with zero attached hydrogens (tertiary/aromatic N) is 2. The first-order valence-corrected chi connectivity index (χ1v) is 6.43. The minimum Gasteiger partial charge on any atom is -0.197 e. The molecule has 1 aromatic rings. The lowest BCUT2D eigenvalue weighted by atomic mass is 9.69. The highest BCUT2D eigenvalue weighted by Crippen LogP contribution is 2.51. The van der Waals surface area contributed by atoms with Gasteiger partial charge in [0.05, 0.1) is 18.1 Å². The van der Waals surface area contributed by atoms with Gasteiger partial charge in [0, 0.05) is 5.92 Å². The first kappa shape index (κ1) is 11.8. The van der Waals surface area contributed by atoms with Gasteiger partial charge in [-0.05, 0) is 35.6 Å². The summed E-state index contributed by atoms with van der Waals surface area (Å²) >= 11 is 0. The van der Waals surface area contributed by atoms with Gasteiger partial charge in [0.15, 0.2) is 0 Å². The zero-order valence-corrected chi connectivity index (χ0v) is 10.9. The smallest absolute Gasteiger partial charge is 0.107 e. The molecule has 0 aliphatic heterocycles. The van der Waals surface area contributed by atoms with Crippen LogP contribution in [0.1, 0.15) is 28.2 Å². The van der Waals surface area contributed by atoms with Crippen molar-refractivity contribution in [2.24, 2.45) is 5.92 Å². The van der Waals surface area contributed by atoms with Crippen LogP contribution in [0.25, 0.3) is 0 Å². The molecule has 3 atom stereocenters. The summed E-state index contributed by atoms with van der Waals surface area (Å²) in [5.74, 6) is -0.136. The molecule has 0 aromatic heterocycles. The maximum atomic E-state index is 9.74. The van der Waals surface area contributed by atoms with Gasteiger partial charge in [-0.3, -0.25) is 0 Å². The molecule has 0 fully saturated rings. The van der Waals surface area contributed by atoms with Crippen LogP contribution in [-0.2, 0) is 11.8 Å². The van der Waals surface area contributed by atoms with Crippen molar-refractivity contribution in [1.29, 1.82) is 10.5 Å². The Morgan fingerprint density at radius 1 is 1.42 bits per heavy atom. The van der Waals surface area contributed by atoms with E-state index in [-0.39, 0.29) is 11.8 Å². The number of aryl methyl sites for hydroxylation is 1. The molecule has 3 rings (SSSR count). The Morgan fingerprint density at radius 3 is 2.84 bits per heavy atom. The fraction of sp³-hybridized carbons (Fsp3) is 0.294. The SMILES string of the molecule is C=C[C@@H]1Cc2c(C)ccc3c2[C@]1(C#N)C=C[C@H]3C#N. The van der Waals surface area contributed by atoms with Gasteiger partial charge in [-0.2, -0.15) is 10.5 Å². The van der Waals surface area contributed by atoms with Crippen LogP contribution in [0.15, 0.2) is 36.9 Å². The van der Waals surface area contributed by atoms with E-state index in [1.807, 2.05) is 24.3 Å². The zero-order chi connectivity index (χ0) is 13.6. The summed E-state index contributed by atoms with van der Waals surface area (Å²) < 4.78 is 0. The fourth-order valence-corrected chi connectivity index (χ4v) is 3.46. The van der Waals surface area contributed by atoms with Crippen molar-refractivity contribution >= 4 is 0 Å². The van der Waals surface area contributed by atoms with Crippen LogP contribution < -0.4 is 0 Å². The molecule has 2 heteroatoms. The van der Waals surface area contributed by atoms with Crippen LogP contribution in [-0.4, -0.2) is 0 Å². The highest BCUT2D eigenvalue weighted by atomic mass is 14.5. The lowest BCUT2D eigenvalue weighted by molar-refractivity contribution is 0.524. The molecule has 0 unspecified atom stereocenters. The number of allylic oxidation sites excluding steroid dienone is 3. The third kappa shape index (κ3) is 1.29. The molecule has 0 amide bonds. The Bertz CT molecular complexity index is 684. The average molecular weight is 246 g/mol. The van der Waals surface area contributed by atoms with Crippen LogP contribution in [0.2, 0.25) is 0 Å². The van der Waals surface area contributed by atoms with Gasteiger partial charge in [-0.15, -0.1) is 6.58 Å². The van der Waals surface area contributed by atoms with Gasteiger partial charge in [0.2, 0.25) is 0 Å². The van der Waals surface area contributed by atoms with Crippen molar-refractivity contribution < 1.29 is 0 Å². The molecule has 0 bridgehead atoms. The quantitative estimate of drug-likeness (QED) is 0.714. The Labute approximate surface area is 113 Å². The first-order valence-electron chi connectivity index (χ1n) is 6.43. The molecule has 2 nitrogen and oxygen atoms in total. The average Bonchev–Trinajstić information content (AvgIpc) is 2.79. The molecular formula is C17H14N2. The minimum atomic E-state index is -0.619. The van der Waals surface area contributed by atoms with E-state index in [0.717, 1.165) is 17.5 Å². The standard InChI is InChI=1S/C17H14N2/c1-3-13-8-15-11(2)4-5-14-12(9-18)6-7-17(13,10-19)16(14)15/h3-7,12-13H,1,8H2,2H3/t12-,13+,17-/m0/s1. The van der Waals surface area contributed by atoms with E-state index in [4.69, 9.17) is 0 Å². The molecule has 0 heterocycles. The molecule has 0 N–H and O–H groups in total. The largest absolute Gasteiger partial charge is 0.197 e. The summed E-state index contributed by atoms with van der Waals surface area (Å²) in [4.78, 5) is 0. The molecule has 2 aliphatic carbocycles. The van der Waals surface area contributed by atoms with E-state index >= 15 is 0 Å². The summed E-state index contributed by atoms with van der Waals surface area (Å²) in [7, 11) is 0. The van der Waals surface area contributed by atoms with Gasteiger partial charge in [-0.1, -0.05) is 30.4 Å². The molecule has 0 radical (unpaired) electrons. The maximum Gasteiger partial charge on any atom is 0.107 e. The van der Waals surface area contributed by atoms with Crippen LogP contribution in [0.4, 0.5) is 0 Å². The monoisotopic (exact) mass is 246 g/mol. The van der Waals surface area contributed by atoms with E-state index in [1.165, 1.54) is 11.1 Å². The number of nitriles is 2. The molecule has 0 saturated heterocycles. The van der Waals surface area contributed by atoms with Gasteiger partial charge in [0.25, 0.3) is 0 Å². The van der Waals surface area contributed by atoms with E-state index < -0.39 is 5.41 Å².